The Kier molecular flexibility index (Phi) is 3.26. The third-order valence-corrected chi connectivity index (χ3v) is 3.81. The summed E-state index contributed by atoms with van der Waals surface area (Å²) in [6.45, 7) is 0. The van der Waals surface area contributed by atoms with Gasteiger partial charge in [-0.25, -0.2) is 0 Å². The van der Waals surface area contributed by atoms with E-state index in [0.717, 1.165) is 35.5 Å². The second-order valence-electron chi connectivity index (χ2n) is 5.10. The lowest BCUT2D eigenvalue weighted by Gasteiger charge is -2.27. The van der Waals surface area contributed by atoms with E-state index in [4.69, 9.17) is 15.2 Å². The Hall–Kier alpha value is -2.17. The van der Waals surface area contributed by atoms with Crippen LogP contribution in [0.3, 0.4) is 0 Å². The monoisotopic (exact) mass is 273 g/mol. The first-order chi connectivity index (χ1) is 9.69. The normalized spacial score (nSPS) is 14.9. The molecule has 1 fully saturated rings. The van der Waals surface area contributed by atoms with Crippen LogP contribution >= 0.6 is 0 Å². The standard InChI is InChI=1S/C15H19N3O2/c1-18-15(16)12(9-17-18)10-6-7-13(19-2)14(8-10)20-11-4-3-5-11/h6-9,11H,3-5,16H2,1-2H3. The molecule has 1 heterocycles. The van der Waals surface area contributed by atoms with Gasteiger partial charge in [-0.1, -0.05) is 6.07 Å². The molecule has 1 aliphatic rings. The Balaban J connectivity index is 1.95. The van der Waals surface area contributed by atoms with Crippen LogP contribution in [0.25, 0.3) is 11.1 Å². The molecular formula is C15H19N3O2. The molecule has 0 amide bonds. The van der Waals surface area contributed by atoms with Gasteiger partial charge in [-0.15, -0.1) is 0 Å². The number of nitrogens with zero attached hydrogens (tertiary/aromatic N) is 2. The van der Waals surface area contributed by atoms with Crippen molar-refractivity contribution in [2.45, 2.75) is 25.4 Å². The Bertz CT molecular complexity index is 618. The Labute approximate surface area is 118 Å². The summed E-state index contributed by atoms with van der Waals surface area (Å²) < 4.78 is 13.0. The van der Waals surface area contributed by atoms with Crippen molar-refractivity contribution in [3.8, 4) is 22.6 Å². The number of nitrogens with two attached hydrogens (primary N) is 1. The van der Waals surface area contributed by atoms with E-state index >= 15 is 0 Å². The fourth-order valence-electron chi connectivity index (χ4n) is 2.27. The molecule has 1 aliphatic carbocycles. The van der Waals surface area contributed by atoms with Crippen molar-refractivity contribution in [3.05, 3.63) is 24.4 Å². The van der Waals surface area contributed by atoms with Gasteiger partial charge in [0.05, 0.1) is 19.4 Å². The number of anilines is 1. The van der Waals surface area contributed by atoms with Crippen LogP contribution in [-0.2, 0) is 7.05 Å². The molecule has 1 saturated carbocycles. The molecule has 0 unspecified atom stereocenters. The molecular weight excluding hydrogens is 254 g/mol. The van der Waals surface area contributed by atoms with E-state index in [2.05, 4.69) is 5.10 Å². The summed E-state index contributed by atoms with van der Waals surface area (Å²) in [4.78, 5) is 0. The number of hydrogen-bond donors (Lipinski definition) is 1. The Morgan fingerprint density at radius 2 is 2.10 bits per heavy atom. The molecule has 0 saturated heterocycles. The SMILES string of the molecule is COc1ccc(-c2cnn(C)c2N)cc1OC1CCC1. The molecule has 2 N–H and O–H groups in total. The van der Waals surface area contributed by atoms with Crippen molar-refractivity contribution in [1.29, 1.82) is 0 Å². The van der Waals surface area contributed by atoms with Crippen molar-refractivity contribution in [1.82, 2.24) is 9.78 Å². The zero-order valence-corrected chi connectivity index (χ0v) is 11.8. The van der Waals surface area contributed by atoms with Crippen molar-refractivity contribution in [2.75, 3.05) is 12.8 Å². The molecule has 2 aromatic rings. The number of methoxy groups -OCH3 is 1. The number of rotatable bonds is 4. The fraction of sp³-hybridized carbons (Fsp3) is 0.400. The molecule has 0 radical (unpaired) electrons. The summed E-state index contributed by atoms with van der Waals surface area (Å²) in [6.07, 6.45) is 5.54. The maximum Gasteiger partial charge on any atom is 0.162 e. The van der Waals surface area contributed by atoms with Crippen LogP contribution in [0.1, 0.15) is 19.3 Å². The molecule has 0 spiro atoms. The quantitative estimate of drug-likeness (QED) is 0.930. The van der Waals surface area contributed by atoms with Gasteiger partial charge in [0.1, 0.15) is 5.82 Å². The lowest BCUT2D eigenvalue weighted by molar-refractivity contribution is 0.116. The maximum atomic E-state index is 6.02. The number of nitrogen functional groups attached to an aromatic ring is 1. The molecule has 20 heavy (non-hydrogen) atoms. The molecule has 3 rings (SSSR count). The second kappa shape index (κ2) is 5.07. The summed E-state index contributed by atoms with van der Waals surface area (Å²) in [5, 5.41) is 4.17. The third kappa shape index (κ3) is 2.19. The largest absolute Gasteiger partial charge is 0.493 e. The minimum absolute atomic E-state index is 0.311. The first kappa shape index (κ1) is 12.8. The van der Waals surface area contributed by atoms with Gasteiger partial charge in [-0.3, -0.25) is 4.68 Å². The summed E-state index contributed by atoms with van der Waals surface area (Å²) in [7, 11) is 3.48. The van der Waals surface area contributed by atoms with Gasteiger partial charge in [0.2, 0.25) is 0 Å². The highest BCUT2D eigenvalue weighted by Gasteiger charge is 2.21. The van der Waals surface area contributed by atoms with Crippen LogP contribution in [0.2, 0.25) is 0 Å². The summed E-state index contributed by atoms with van der Waals surface area (Å²) in [6, 6.07) is 5.86. The molecule has 5 nitrogen and oxygen atoms in total. The molecule has 5 heteroatoms. The van der Waals surface area contributed by atoms with Gasteiger partial charge in [-0.2, -0.15) is 5.10 Å². The third-order valence-electron chi connectivity index (χ3n) is 3.81. The van der Waals surface area contributed by atoms with Gasteiger partial charge in [-0.05, 0) is 37.0 Å². The van der Waals surface area contributed by atoms with E-state index in [1.807, 2.05) is 25.2 Å². The van der Waals surface area contributed by atoms with Gasteiger partial charge in [0.25, 0.3) is 0 Å². The van der Waals surface area contributed by atoms with E-state index in [1.54, 1.807) is 18.0 Å². The van der Waals surface area contributed by atoms with Gasteiger partial charge in [0.15, 0.2) is 11.5 Å². The van der Waals surface area contributed by atoms with Crippen molar-refractivity contribution in [3.63, 3.8) is 0 Å². The van der Waals surface area contributed by atoms with Gasteiger partial charge < -0.3 is 15.2 Å². The fourth-order valence-corrected chi connectivity index (χ4v) is 2.27. The van der Waals surface area contributed by atoms with E-state index in [0.29, 0.717) is 11.9 Å². The summed E-state index contributed by atoms with van der Waals surface area (Å²) in [5.74, 6) is 2.17. The molecule has 0 atom stereocenters. The lowest BCUT2D eigenvalue weighted by Crippen LogP contribution is -2.24. The van der Waals surface area contributed by atoms with Crippen LogP contribution in [-0.4, -0.2) is 23.0 Å². The van der Waals surface area contributed by atoms with Crippen LogP contribution in [0.4, 0.5) is 5.82 Å². The number of aryl methyl sites for hydroxylation is 1. The van der Waals surface area contributed by atoms with E-state index < -0.39 is 0 Å². The molecule has 0 aliphatic heterocycles. The summed E-state index contributed by atoms with van der Waals surface area (Å²) in [5.41, 5.74) is 7.92. The van der Waals surface area contributed by atoms with Gasteiger partial charge in [0, 0.05) is 12.6 Å². The van der Waals surface area contributed by atoms with Crippen molar-refractivity contribution >= 4 is 5.82 Å². The number of ether oxygens (including phenoxy) is 2. The first-order valence-corrected chi connectivity index (χ1v) is 6.81. The average Bonchev–Trinajstić information content (AvgIpc) is 2.74. The van der Waals surface area contributed by atoms with Crippen LogP contribution < -0.4 is 15.2 Å². The molecule has 0 bridgehead atoms. The highest BCUT2D eigenvalue weighted by Crippen LogP contribution is 2.37. The van der Waals surface area contributed by atoms with Crippen LogP contribution in [0.15, 0.2) is 24.4 Å². The Morgan fingerprint density at radius 3 is 2.65 bits per heavy atom. The number of hydrogen-bond acceptors (Lipinski definition) is 4. The smallest absolute Gasteiger partial charge is 0.162 e. The molecule has 106 valence electrons. The first-order valence-electron chi connectivity index (χ1n) is 6.81. The average molecular weight is 273 g/mol. The minimum atomic E-state index is 0.311. The predicted molar refractivity (Wildman–Crippen MR) is 77.9 cm³/mol. The topological polar surface area (TPSA) is 62.3 Å². The Morgan fingerprint density at radius 1 is 1.30 bits per heavy atom. The highest BCUT2D eigenvalue weighted by atomic mass is 16.5. The van der Waals surface area contributed by atoms with E-state index in [-0.39, 0.29) is 0 Å². The minimum Gasteiger partial charge on any atom is -0.493 e. The highest BCUT2D eigenvalue weighted by molar-refractivity contribution is 5.75. The van der Waals surface area contributed by atoms with E-state index in [1.165, 1.54) is 6.42 Å². The molecule has 1 aromatic carbocycles. The van der Waals surface area contributed by atoms with Crippen molar-refractivity contribution in [2.24, 2.45) is 7.05 Å². The maximum absolute atomic E-state index is 6.02. The zero-order chi connectivity index (χ0) is 14.1. The van der Waals surface area contributed by atoms with Crippen LogP contribution in [0.5, 0.6) is 11.5 Å². The predicted octanol–water partition coefficient (Wildman–Crippen LogP) is 2.61. The summed E-state index contributed by atoms with van der Waals surface area (Å²) >= 11 is 0. The number of aromatic nitrogens is 2. The number of benzene rings is 1. The lowest BCUT2D eigenvalue weighted by atomic mass is 9.96. The second-order valence-corrected chi connectivity index (χ2v) is 5.10. The molecule has 1 aromatic heterocycles. The van der Waals surface area contributed by atoms with Gasteiger partial charge >= 0.3 is 0 Å². The van der Waals surface area contributed by atoms with Crippen molar-refractivity contribution < 1.29 is 9.47 Å². The van der Waals surface area contributed by atoms with E-state index in [9.17, 15) is 0 Å². The van der Waals surface area contributed by atoms with Crippen LogP contribution in [0, 0.1) is 0 Å². The zero-order valence-electron chi connectivity index (χ0n) is 11.8.